The molecule has 0 radical (unpaired) electrons. The number of halogens is 4. The van der Waals surface area contributed by atoms with E-state index in [0.29, 0.717) is 28.3 Å². The van der Waals surface area contributed by atoms with Gasteiger partial charge < -0.3 is 14.8 Å². The second kappa shape index (κ2) is 8.61. The van der Waals surface area contributed by atoms with Gasteiger partial charge in [-0.25, -0.2) is 0 Å². The number of nitrogens with one attached hydrogen (secondary N) is 1. The van der Waals surface area contributed by atoms with Gasteiger partial charge in [0.25, 0.3) is 5.91 Å². The summed E-state index contributed by atoms with van der Waals surface area (Å²) in [7, 11) is 0. The van der Waals surface area contributed by atoms with Crippen molar-refractivity contribution in [3.63, 3.8) is 0 Å². The third-order valence-corrected chi connectivity index (χ3v) is 4.14. The Morgan fingerprint density at radius 1 is 1.12 bits per heavy atom. The second-order valence-corrected chi connectivity index (χ2v) is 6.31. The minimum absolute atomic E-state index is 0.179. The van der Waals surface area contributed by atoms with E-state index >= 15 is 0 Å². The Hall–Kier alpha value is -1.97. The number of para-hydroxylation sites is 1. The van der Waals surface area contributed by atoms with Crippen LogP contribution in [0.5, 0.6) is 11.5 Å². The van der Waals surface area contributed by atoms with Gasteiger partial charge in [-0.2, -0.15) is 13.2 Å². The molecule has 0 unspecified atom stereocenters. The van der Waals surface area contributed by atoms with Gasteiger partial charge in [-0.05, 0) is 60.7 Å². The normalized spacial score (nSPS) is 11.2. The Morgan fingerprint density at radius 2 is 1.77 bits per heavy atom. The van der Waals surface area contributed by atoms with Crippen LogP contribution in [0.1, 0.15) is 29.8 Å². The lowest BCUT2D eigenvalue weighted by molar-refractivity contribution is -0.136. The zero-order valence-corrected chi connectivity index (χ0v) is 16.3. The minimum Gasteiger partial charge on any atom is -0.490 e. The number of alkyl halides is 3. The van der Waals surface area contributed by atoms with Gasteiger partial charge in [-0.15, -0.1) is 0 Å². The van der Waals surface area contributed by atoms with Crippen molar-refractivity contribution in [1.82, 2.24) is 0 Å². The number of ether oxygens (including phenoxy) is 2. The molecule has 0 saturated carbocycles. The summed E-state index contributed by atoms with van der Waals surface area (Å²) in [5, 5.41) is 2.32. The molecule has 0 spiro atoms. The van der Waals surface area contributed by atoms with Crippen molar-refractivity contribution >= 4 is 34.2 Å². The number of benzene rings is 2. The van der Waals surface area contributed by atoms with E-state index in [0.717, 1.165) is 6.07 Å². The van der Waals surface area contributed by atoms with Crippen LogP contribution in [0.25, 0.3) is 0 Å². The summed E-state index contributed by atoms with van der Waals surface area (Å²) < 4.78 is 50.9. The first-order valence-corrected chi connectivity index (χ1v) is 8.92. The molecule has 0 aromatic heterocycles. The molecule has 8 heteroatoms. The van der Waals surface area contributed by atoms with Gasteiger partial charge in [-0.1, -0.05) is 12.1 Å². The highest BCUT2D eigenvalue weighted by Gasteiger charge is 2.33. The zero-order chi connectivity index (χ0) is 19.3. The van der Waals surface area contributed by atoms with Crippen LogP contribution in [0.4, 0.5) is 18.9 Å². The molecule has 140 valence electrons. The Kier molecular flexibility index (Phi) is 6.74. The van der Waals surface area contributed by atoms with Gasteiger partial charge in [0.2, 0.25) is 0 Å². The summed E-state index contributed by atoms with van der Waals surface area (Å²) in [5.74, 6) is 0.210. The molecule has 2 aromatic carbocycles. The summed E-state index contributed by atoms with van der Waals surface area (Å²) in [6.07, 6.45) is -4.56. The van der Waals surface area contributed by atoms with Crippen LogP contribution >= 0.6 is 22.6 Å². The minimum atomic E-state index is -4.56. The predicted molar refractivity (Wildman–Crippen MR) is 101 cm³/mol. The molecule has 0 heterocycles. The highest BCUT2D eigenvalue weighted by atomic mass is 127. The third-order valence-electron chi connectivity index (χ3n) is 3.34. The topological polar surface area (TPSA) is 47.6 Å². The first-order chi connectivity index (χ1) is 12.3. The number of rotatable bonds is 6. The Labute approximate surface area is 162 Å². The van der Waals surface area contributed by atoms with E-state index in [4.69, 9.17) is 9.47 Å². The highest BCUT2D eigenvalue weighted by Crippen LogP contribution is 2.36. The van der Waals surface area contributed by atoms with Gasteiger partial charge in [0.15, 0.2) is 11.5 Å². The van der Waals surface area contributed by atoms with E-state index in [9.17, 15) is 18.0 Å². The first kappa shape index (κ1) is 20.3. The van der Waals surface area contributed by atoms with Crippen LogP contribution in [-0.2, 0) is 6.18 Å². The van der Waals surface area contributed by atoms with E-state index in [1.807, 2.05) is 29.5 Å². The number of carbonyl (C=O) groups is 1. The smallest absolute Gasteiger partial charge is 0.418 e. The third kappa shape index (κ3) is 4.80. The van der Waals surface area contributed by atoms with Gasteiger partial charge in [0.1, 0.15) is 0 Å². The number of carbonyl (C=O) groups excluding carboxylic acids is 1. The van der Waals surface area contributed by atoms with Gasteiger partial charge in [0.05, 0.1) is 28.0 Å². The van der Waals surface area contributed by atoms with E-state index in [1.54, 1.807) is 13.0 Å². The lowest BCUT2D eigenvalue weighted by Gasteiger charge is -2.16. The molecular weight excluding hydrogens is 462 g/mol. The number of hydrogen-bond donors (Lipinski definition) is 1. The lowest BCUT2D eigenvalue weighted by Crippen LogP contribution is -2.17. The van der Waals surface area contributed by atoms with Crippen molar-refractivity contribution in [2.45, 2.75) is 20.0 Å². The fourth-order valence-corrected chi connectivity index (χ4v) is 3.04. The first-order valence-electron chi connectivity index (χ1n) is 7.84. The average molecular weight is 479 g/mol. The molecule has 2 rings (SSSR count). The van der Waals surface area contributed by atoms with Crippen molar-refractivity contribution in [3.8, 4) is 11.5 Å². The molecule has 4 nitrogen and oxygen atoms in total. The summed E-state index contributed by atoms with van der Waals surface area (Å²) in [6.45, 7) is 4.38. The maximum Gasteiger partial charge on any atom is 0.418 e. The molecule has 0 aliphatic carbocycles. The SMILES string of the molecule is CCOc1cc(C(=O)Nc2ccccc2C(F)(F)F)cc(I)c1OCC. The average Bonchev–Trinajstić information content (AvgIpc) is 2.57. The van der Waals surface area contributed by atoms with Gasteiger partial charge in [-0.3, -0.25) is 4.79 Å². The Balaban J connectivity index is 2.36. The lowest BCUT2D eigenvalue weighted by atomic mass is 10.1. The molecule has 0 fully saturated rings. The maximum absolute atomic E-state index is 13.1. The maximum atomic E-state index is 13.1. The van der Waals surface area contributed by atoms with Crippen molar-refractivity contribution in [3.05, 3.63) is 51.1 Å². The van der Waals surface area contributed by atoms with Crippen LogP contribution in [-0.4, -0.2) is 19.1 Å². The van der Waals surface area contributed by atoms with Crippen molar-refractivity contribution < 1.29 is 27.4 Å². The quantitative estimate of drug-likeness (QED) is 0.568. The van der Waals surface area contributed by atoms with Gasteiger partial charge in [0, 0.05) is 5.56 Å². The van der Waals surface area contributed by atoms with E-state index in [1.165, 1.54) is 24.3 Å². The standard InChI is InChI=1S/C18H17F3INO3/c1-3-25-15-10-11(9-13(22)16(15)26-4-2)17(24)23-14-8-6-5-7-12(14)18(19,20)21/h5-10H,3-4H2,1-2H3,(H,23,24). The molecule has 26 heavy (non-hydrogen) atoms. The fourth-order valence-electron chi connectivity index (χ4n) is 2.28. The molecule has 2 aromatic rings. The van der Waals surface area contributed by atoms with Gasteiger partial charge >= 0.3 is 6.18 Å². The Bertz CT molecular complexity index is 794. The number of amides is 1. The zero-order valence-electron chi connectivity index (χ0n) is 14.1. The van der Waals surface area contributed by atoms with Crippen LogP contribution < -0.4 is 14.8 Å². The Morgan fingerprint density at radius 3 is 2.38 bits per heavy atom. The van der Waals surface area contributed by atoms with Crippen molar-refractivity contribution in [1.29, 1.82) is 0 Å². The van der Waals surface area contributed by atoms with Crippen molar-refractivity contribution in [2.75, 3.05) is 18.5 Å². The van der Waals surface area contributed by atoms with E-state index in [-0.39, 0.29) is 11.3 Å². The largest absolute Gasteiger partial charge is 0.490 e. The van der Waals surface area contributed by atoms with Crippen LogP contribution in [0, 0.1) is 3.57 Å². The molecule has 1 amide bonds. The molecule has 0 bridgehead atoms. The molecule has 0 aliphatic heterocycles. The predicted octanol–water partition coefficient (Wildman–Crippen LogP) is 5.36. The summed E-state index contributed by atoms with van der Waals surface area (Å²) in [6, 6.07) is 7.83. The number of hydrogen-bond acceptors (Lipinski definition) is 3. The number of anilines is 1. The monoisotopic (exact) mass is 479 g/mol. The second-order valence-electron chi connectivity index (χ2n) is 5.15. The molecule has 0 aliphatic rings. The molecule has 1 N–H and O–H groups in total. The van der Waals surface area contributed by atoms with Crippen LogP contribution in [0.15, 0.2) is 36.4 Å². The summed E-state index contributed by atoms with van der Waals surface area (Å²) in [4.78, 5) is 12.5. The van der Waals surface area contributed by atoms with E-state index < -0.39 is 17.6 Å². The molecule has 0 atom stereocenters. The van der Waals surface area contributed by atoms with E-state index in [2.05, 4.69) is 5.32 Å². The van der Waals surface area contributed by atoms with Crippen molar-refractivity contribution in [2.24, 2.45) is 0 Å². The molecular formula is C18H17F3INO3. The van der Waals surface area contributed by atoms with Crippen LogP contribution in [0.3, 0.4) is 0 Å². The summed E-state index contributed by atoms with van der Waals surface area (Å²) >= 11 is 1.99. The molecule has 0 saturated heterocycles. The van der Waals surface area contributed by atoms with Crippen LogP contribution in [0.2, 0.25) is 0 Å². The fraction of sp³-hybridized carbons (Fsp3) is 0.278. The highest BCUT2D eigenvalue weighted by molar-refractivity contribution is 14.1. The summed E-state index contributed by atoms with van der Waals surface area (Å²) in [5.41, 5.74) is -1.02.